The molecule has 8 rings (SSSR count). The van der Waals surface area contributed by atoms with Crippen LogP contribution >= 0.6 is 0 Å². The summed E-state index contributed by atoms with van der Waals surface area (Å²) in [6, 6.07) is 23.1. The first-order chi connectivity index (χ1) is 26.7. The molecule has 3 aliphatic heterocycles. The summed E-state index contributed by atoms with van der Waals surface area (Å²) in [5.41, 5.74) is 6.27. The Balaban J connectivity index is 0.922. The van der Waals surface area contributed by atoms with Crippen LogP contribution in [0.5, 0.6) is 0 Å². The fraction of sp³-hybridized carbons (Fsp3) is 0.341. The van der Waals surface area contributed by atoms with E-state index < -0.39 is 37.1 Å². The number of alkyl carbamates (subject to hydrolysis) is 1. The molecule has 0 radical (unpaired) electrons. The zero-order valence-corrected chi connectivity index (χ0v) is 30.3. The van der Waals surface area contributed by atoms with Gasteiger partial charge in [-0.25, -0.2) is 23.5 Å². The van der Waals surface area contributed by atoms with Crippen molar-refractivity contribution < 1.29 is 27.9 Å². The van der Waals surface area contributed by atoms with Crippen LogP contribution in [-0.2, 0) is 14.3 Å². The fourth-order valence-electron chi connectivity index (χ4n) is 7.99. The van der Waals surface area contributed by atoms with Crippen LogP contribution in [0.2, 0.25) is 0 Å². The van der Waals surface area contributed by atoms with Gasteiger partial charge in [0.05, 0.1) is 55.6 Å². The minimum Gasteiger partial charge on any atom is -0.453 e. The largest absolute Gasteiger partial charge is 0.453 e. The number of aromatic amines is 2. The number of methoxy groups -OCH3 is 1. The van der Waals surface area contributed by atoms with E-state index in [0.717, 1.165) is 59.3 Å². The van der Waals surface area contributed by atoms with Gasteiger partial charge in [-0.1, -0.05) is 78.9 Å². The first kappa shape index (κ1) is 36.1. The number of H-pyrrole nitrogens is 2. The highest BCUT2D eigenvalue weighted by atomic mass is 19.3. The summed E-state index contributed by atoms with van der Waals surface area (Å²) in [6.07, 6.45) is 5.45. The van der Waals surface area contributed by atoms with Gasteiger partial charge >= 0.3 is 6.09 Å². The topological polar surface area (TPSA) is 148 Å². The van der Waals surface area contributed by atoms with E-state index in [1.165, 1.54) is 7.11 Å². The summed E-state index contributed by atoms with van der Waals surface area (Å²) in [7, 11) is 1.27. The van der Waals surface area contributed by atoms with E-state index in [-0.39, 0.29) is 23.9 Å². The van der Waals surface area contributed by atoms with Gasteiger partial charge in [0.15, 0.2) is 0 Å². The van der Waals surface area contributed by atoms with Crippen LogP contribution in [0, 0.1) is 0 Å². The highest BCUT2D eigenvalue weighted by Gasteiger charge is 2.45. The molecule has 2 aromatic heterocycles. The van der Waals surface area contributed by atoms with Crippen molar-refractivity contribution in [2.75, 3.05) is 26.7 Å². The van der Waals surface area contributed by atoms with Crippen LogP contribution < -0.4 is 10.6 Å². The molecule has 0 saturated carbocycles. The van der Waals surface area contributed by atoms with Crippen molar-refractivity contribution in [2.24, 2.45) is 0 Å². The highest BCUT2D eigenvalue weighted by molar-refractivity contribution is 5.87. The van der Waals surface area contributed by atoms with E-state index >= 15 is 0 Å². The molecule has 0 bridgehead atoms. The number of ether oxygens (including phenoxy) is 1. The number of aromatic nitrogens is 4. The van der Waals surface area contributed by atoms with Gasteiger partial charge in [0.25, 0.3) is 11.8 Å². The van der Waals surface area contributed by atoms with E-state index in [9.17, 15) is 23.2 Å². The summed E-state index contributed by atoms with van der Waals surface area (Å²) in [4.78, 5) is 58.7. The van der Waals surface area contributed by atoms with Gasteiger partial charge in [-0.15, -0.1) is 0 Å². The Hall–Kier alpha value is -5.89. The number of benzene rings is 3. The van der Waals surface area contributed by atoms with E-state index in [1.54, 1.807) is 22.2 Å². The molecule has 0 unspecified atom stereocenters. The number of nitrogens with one attached hydrogen (secondary N) is 4. The SMILES string of the molecule is COC(=O)N[C@@H](C(=O)N1CCC[C@H]1c1ncc(-c2ccc(-c3ccc(-c4cnc([C@@H]5CCCN5C(=O)[C@@H]5CC(F)(F)CN5)[nH]4)cc3)cc2)[nH]1)c1ccccc1. The lowest BCUT2D eigenvalue weighted by Gasteiger charge is -2.28. The Kier molecular flexibility index (Phi) is 9.91. The van der Waals surface area contributed by atoms with Gasteiger partial charge in [0.1, 0.15) is 17.7 Å². The Morgan fingerprint density at radius 1 is 0.782 bits per heavy atom. The number of likely N-dealkylation sites (tertiary alicyclic amines) is 2. The average Bonchev–Trinajstić information content (AvgIpc) is 4.06. The Morgan fingerprint density at radius 3 is 1.84 bits per heavy atom. The summed E-state index contributed by atoms with van der Waals surface area (Å²) in [6.45, 7) is 0.593. The van der Waals surface area contributed by atoms with Crippen LogP contribution in [0.4, 0.5) is 13.6 Å². The Labute approximate surface area is 316 Å². The molecule has 4 atom stereocenters. The molecule has 14 heteroatoms. The molecular weight excluding hydrogens is 706 g/mol. The molecule has 284 valence electrons. The first-order valence-corrected chi connectivity index (χ1v) is 18.6. The normalized spacial score (nSPS) is 21.1. The number of carbonyl (C=O) groups is 3. The van der Waals surface area contributed by atoms with Gasteiger partial charge in [-0.05, 0) is 53.5 Å². The third kappa shape index (κ3) is 7.46. The molecule has 3 fully saturated rings. The average molecular weight is 749 g/mol. The monoisotopic (exact) mass is 748 g/mol. The molecule has 3 aliphatic rings. The van der Waals surface area contributed by atoms with E-state index in [4.69, 9.17) is 4.74 Å². The van der Waals surface area contributed by atoms with Crippen molar-refractivity contribution >= 4 is 17.9 Å². The number of hydrogen-bond donors (Lipinski definition) is 4. The van der Waals surface area contributed by atoms with Gasteiger partial charge < -0.3 is 29.8 Å². The van der Waals surface area contributed by atoms with E-state index in [0.29, 0.717) is 30.3 Å². The standard InChI is InChI=1S/C41H42F2N8O4/c1-55-40(54)49-35(29-7-3-2-4-8-29)39(53)51-20-6-10-34(51)37-45-23-32(48-37)28-17-13-26(14-18-28)25-11-15-27(16-12-25)31-22-44-36(47-31)33-9-5-19-50(33)38(52)30-21-41(42,43)24-46-30/h2-4,7-8,11-18,22-23,30,33-35,46H,5-6,9-10,19-21,24H2,1H3,(H,44,47)(H,45,48)(H,49,54)/t30-,33-,34-,35+/m0/s1. The zero-order valence-electron chi connectivity index (χ0n) is 30.3. The maximum absolute atomic E-state index is 13.9. The third-order valence-electron chi connectivity index (χ3n) is 10.9. The quantitative estimate of drug-likeness (QED) is 0.134. The lowest BCUT2D eigenvalue weighted by Crippen LogP contribution is -2.43. The molecule has 0 aliphatic carbocycles. The number of nitrogens with zero attached hydrogens (tertiary/aromatic N) is 4. The molecule has 12 nitrogen and oxygen atoms in total. The van der Waals surface area contributed by atoms with Gasteiger partial charge in [0, 0.05) is 19.5 Å². The number of amides is 3. The van der Waals surface area contributed by atoms with Gasteiger partial charge in [-0.3, -0.25) is 14.9 Å². The molecule has 3 saturated heterocycles. The molecule has 55 heavy (non-hydrogen) atoms. The van der Waals surface area contributed by atoms with Crippen molar-refractivity contribution in [1.29, 1.82) is 0 Å². The fourth-order valence-corrected chi connectivity index (χ4v) is 7.99. The van der Waals surface area contributed by atoms with Crippen molar-refractivity contribution in [1.82, 2.24) is 40.4 Å². The molecule has 4 N–H and O–H groups in total. The minimum absolute atomic E-state index is 0.221. The van der Waals surface area contributed by atoms with Gasteiger partial charge in [0.2, 0.25) is 5.91 Å². The van der Waals surface area contributed by atoms with Crippen molar-refractivity contribution in [2.45, 2.75) is 62.2 Å². The van der Waals surface area contributed by atoms with Crippen molar-refractivity contribution in [3.63, 3.8) is 0 Å². The van der Waals surface area contributed by atoms with Crippen LogP contribution in [0.15, 0.2) is 91.3 Å². The minimum atomic E-state index is -2.87. The second-order valence-electron chi connectivity index (χ2n) is 14.4. The Morgan fingerprint density at radius 2 is 1.31 bits per heavy atom. The van der Waals surface area contributed by atoms with Crippen molar-refractivity contribution in [3.8, 4) is 33.6 Å². The number of rotatable bonds is 9. The lowest BCUT2D eigenvalue weighted by molar-refractivity contribution is -0.135. The number of alkyl halides is 2. The van der Waals surface area contributed by atoms with Gasteiger partial charge in [-0.2, -0.15) is 0 Å². The number of halogens is 2. The molecule has 3 aromatic carbocycles. The summed E-state index contributed by atoms with van der Waals surface area (Å²) in [5.74, 6) is -2.03. The predicted octanol–water partition coefficient (Wildman–Crippen LogP) is 6.56. The summed E-state index contributed by atoms with van der Waals surface area (Å²) in [5, 5.41) is 5.39. The third-order valence-corrected chi connectivity index (χ3v) is 10.9. The van der Waals surface area contributed by atoms with E-state index in [2.05, 4.69) is 30.6 Å². The summed E-state index contributed by atoms with van der Waals surface area (Å²) < 4.78 is 32.4. The van der Waals surface area contributed by atoms with Crippen LogP contribution in [0.1, 0.15) is 67.4 Å². The molecule has 5 heterocycles. The molecule has 3 amide bonds. The Bertz CT molecular complexity index is 2150. The number of hydrogen-bond acceptors (Lipinski definition) is 7. The molecule has 5 aromatic rings. The van der Waals surface area contributed by atoms with E-state index in [1.807, 2.05) is 78.9 Å². The lowest BCUT2D eigenvalue weighted by atomic mass is 10.0. The second kappa shape index (κ2) is 15.1. The molecular formula is C41H42F2N8O4. The number of carbonyl (C=O) groups excluding carboxylic acids is 3. The first-order valence-electron chi connectivity index (χ1n) is 18.6. The number of imidazole rings is 2. The zero-order chi connectivity index (χ0) is 38.1. The maximum Gasteiger partial charge on any atom is 0.407 e. The van der Waals surface area contributed by atoms with Crippen LogP contribution in [-0.4, -0.2) is 86.4 Å². The van der Waals surface area contributed by atoms with Crippen LogP contribution in [0.3, 0.4) is 0 Å². The maximum atomic E-state index is 13.9. The summed E-state index contributed by atoms with van der Waals surface area (Å²) >= 11 is 0. The predicted molar refractivity (Wildman–Crippen MR) is 200 cm³/mol. The van der Waals surface area contributed by atoms with Crippen LogP contribution in [0.25, 0.3) is 33.6 Å². The molecule has 0 spiro atoms. The smallest absolute Gasteiger partial charge is 0.407 e. The second-order valence-corrected chi connectivity index (χ2v) is 14.4. The highest BCUT2D eigenvalue weighted by Crippen LogP contribution is 2.36. The van der Waals surface area contributed by atoms with Crippen molar-refractivity contribution in [3.05, 3.63) is 108 Å².